The van der Waals surface area contributed by atoms with Crippen LogP contribution in [0, 0.1) is 6.92 Å². The quantitative estimate of drug-likeness (QED) is 0.163. The van der Waals surface area contributed by atoms with E-state index in [2.05, 4.69) is 256 Å². The van der Waals surface area contributed by atoms with Crippen molar-refractivity contribution >= 4 is 74.0 Å². The lowest BCUT2D eigenvalue weighted by molar-refractivity contribution is 0.332. The first kappa shape index (κ1) is 44.7. The lowest BCUT2D eigenvalue weighted by atomic mass is 9.42. The van der Waals surface area contributed by atoms with Crippen molar-refractivity contribution in [2.75, 3.05) is 14.6 Å². The van der Waals surface area contributed by atoms with Crippen molar-refractivity contribution < 1.29 is 0 Å². The van der Waals surface area contributed by atoms with Gasteiger partial charge in [0.05, 0.1) is 5.69 Å². The Labute approximate surface area is 418 Å². The summed E-state index contributed by atoms with van der Waals surface area (Å²) in [7, 11) is 0. The molecule has 8 aromatic carbocycles. The number of rotatable bonds is 4. The molecule has 0 N–H and O–H groups in total. The zero-order valence-electron chi connectivity index (χ0n) is 43.8. The smallest absolute Gasteiger partial charge is 0.333 e. The summed E-state index contributed by atoms with van der Waals surface area (Å²) in [6.45, 7) is 30.7. The summed E-state index contributed by atoms with van der Waals surface area (Å²) < 4.78 is 0. The summed E-state index contributed by atoms with van der Waals surface area (Å²) in [6.07, 6.45) is 2.34. The fraction of sp³-hybridized carbons (Fsp3) is 0.303. The van der Waals surface area contributed by atoms with E-state index in [0.717, 1.165) is 23.5 Å². The summed E-state index contributed by atoms with van der Waals surface area (Å²) in [5, 5.41) is 2.56. The Morgan fingerprint density at radius 3 is 1.71 bits per heavy atom. The van der Waals surface area contributed by atoms with E-state index in [1.54, 1.807) is 0 Å². The van der Waals surface area contributed by atoms with Gasteiger partial charge in [0, 0.05) is 50.8 Å². The number of nitrogens with zero attached hydrogens (tertiary/aromatic N) is 3. The first-order chi connectivity index (χ1) is 33.1. The third kappa shape index (κ3) is 6.68. The zero-order valence-corrected chi connectivity index (χ0v) is 43.8. The minimum absolute atomic E-state index is 0.0442. The van der Waals surface area contributed by atoms with Crippen LogP contribution in [0.1, 0.15) is 135 Å². The van der Waals surface area contributed by atoms with E-state index in [9.17, 15) is 0 Å². The monoisotopic (exact) mass is 914 g/mol. The minimum Gasteiger partial charge on any atom is -0.376 e. The van der Waals surface area contributed by atoms with E-state index < -0.39 is 0 Å². The van der Waals surface area contributed by atoms with Crippen molar-refractivity contribution in [1.82, 2.24) is 0 Å². The first-order valence-corrected chi connectivity index (χ1v) is 25.8. The number of aryl methyl sites for hydroxylation is 1. The number of fused-ring (bicyclic) bond motifs is 8. The Hall–Kier alpha value is -6.52. The maximum absolute atomic E-state index is 2.75. The highest BCUT2D eigenvalue weighted by Crippen LogP contribution is 2.57. The summed E-state index contributed by atoms with van der Waals surface area (Å²) in [4.78, 5) is 7.88. The molecule has 0 radical (unpaired) electrons. The lowest BCUT2D eigenvalue weighted by Gasteiger charge is -2.51. The third-order valence-electron chi connectivity index (χ3n) is 17.0. The SMILES string of the molecule is Cc1cc2c3c(c1)N1c4cc5ccccc5cc4C(C)(C)c4cccc(c41)B3N(c1ccc3c(c1)C(C)(C)CCC3(C)C)c1cc(N(c3ccc(C(C)(C)C)cc3)c3ccc(C(C)(C)C)cc3)ccc1-2. The highest BCUT2D eigenvalue weighted by Gasteiger charge is 2.50. The van der Waals surface area contributed by atoms with Crippen molar-refractivity contribution in [2.24, 2.45) is 0 Å². The van der Waals surface area contributed by atoms with E-state index in [1.807, 2.05) is 0 Å². The van der Waals surface area contributed by atoms with Gasteiger partial charge in [0.25, 0.3) is 0 Å². The molecule has 0 fully saturated rings. The maximum atomic E-state index is 2.75. The fourth-order valence-electron chi connectivity index (χ4n) is 12.8. The summed E-state index contributed by atoms with van der Waals surface area (Å²) >= 11 is 0. The van der Waals surface area contributed by atoms with Gasteiger partial charge in [0.15, 0.2) is 0 Å². The standard InChI is InChI=1S/C66H68BN3/c1-41-35-51-50-31-29-48(68(46-25-21-44(22-26-46)62(2,3)4)47-27-23-45(24-28-47)63(5,6)7)40-57(50)70(49-30-32-52-54(39-49)65(10,11)34-33-64(52,8)9)67-56-20-16-19-53-61(56)69(59(36-41)60(51)67)58-38-43-18-15-14-17-42(43)37-55(58)66(53,12)13/h14-32,35-40H,33-34H2,1-13H3. The summed E-state index contributed by atoms with van der Waals surface area (Å²) in [5.74, 6) is 0. The molecular formula is C66H68BN3. The van der Waals surface area contributed by atoms with Gasteiger partial charge in [-0.3, -0.25) is 0 Å². The van der Waals surface area contributed by atoms with Crippen molar-refractivity contribution in [3.8, 4) is 11.1 Å². The van der Waals surface area contributed by atoms with Crippen LogP contribution < -0.4 is 25.5 Å². The molecule has 12 rings (SSSR count). The van der Waals surface area contributed by atoms with Gasteiger partial charge in [0.1, 0.15) is 0 Å². The molecule has 350 valence electrons. The van der Waals surface area contributed by atoms with Gasteiger partial charge in [-0.1, -0.05) is 168 Å². The van der Waals surface area contributed by atoms with Gasteiger partial charge in [-0.25, -0.2) is 0 Å². The van der Waals surface area contributed by atoms with Crippen LogP contribution in [0.15, 0.2) is 152 Å². The number of hydrogen-bond donors (Lipinski definition) is 0. The highest BCUT2D eigenvalue weighted by atomic mass is 15.2. The average molecular weight is 914 g/mol. The maximum Gasteiger partial charge on any atom is 0.333 e. The number of anilines is 8. The van der Waals surface area contributed by atoms with E-state index in [1.165, 1.54) is 107 Å². The average Bonchev–Trinajstić information content (AvgIpc) is 3.32. The highest BCUT2D eigenvalue weighted by molar-refractivity contribution is 6.93. The Kier molecular flexibility index (Phi) is 9.57. The van der Waals surface area contributed by atoms with Gasteiger partial charge in [-0.05, 0) is 174 Å². The van der Waals surface area contributed by atoms with Gasteiger partial charge >= 0.3 is 6.85 Å². The molecule has 0 aromatic heterocycles. The molecule has 3 aliphatic heterocycles. The van der Waals surface area contributed by atoms with Crippen molar-refractivity contribution in [1.29, 1.82) is 0 Å². The second kappa shape index (κ2) is 15.0. The molecule has 70 heavy (non-hydrogen) atoms. The van der Waals surface area contributed by atoms with Gasteiger partial charge < -0.3 is 14.6 Å². The van der Waals surface area contributed by atoms with Gasteiger partial charge in [-0.15, -0.1) is 0 Å². The fourth-order valence-corrected chi connectivity index (χ4v) is 12.8. The second-order valence-corrected chi connectivity index (χ2v) is 25.1. The minimum atomic E-state index is -0.233. The molecule has 8 aromatic rings. The van der Waals surface area contributed by atoms with Crippen LogP contribution in [0.3, 0.4) is 0 Å². The molecule has 3 heterocycles. The van der Waals surface area contributed by atoms with Crippen molar-refractivity contribution in [3.63, 3.8) is 0 Å². The normalized spacial score (nSPS) is 16.8. The van der Waals surface area contributed by atoms with Crippen molar-refractivity contribution in [3.05, 3.63) is 191 Å². The lowest BCUT2D eigenvalue weighted by Crippen LogP contribution is -2.62. The number of hydrogen-bond acceptors (Lipinski definition) is 3. The number of benzene rings is 8. The molecule has 4 aliphatic rings. The van der Waals surface area contributed by atoms with Crippen LogP contribution in [-0.4, -0.2) is 6.85 Å². The largest absolute Gasteiger partial charge is 0.376 e. The third-order valence-corrected chi connectivity index (χ3v) is 17.0. The predicted molar refractivity (Wildman–Crippen MR) is 302 cm³/mol. The van der Waals surface area contributed by atoms with Crippen LogP contribution in [0.25, 0.3) is 21.9 Å². The molecule has 0 saturated heterocycles. The van der Waals surface area contributed by atoms with Crippen LogP contribution in [0.2, 0.25) is 0 Å². The second-order valence-electron chi connectivity index (χ2n) is 25.1. The summed E-state index contributed by atoms with van der Waals surface area (Å²) in [5.41, 5.74) is 24.7. The predicted octanol–water partition coefficient (Wildman–Crippen LogP) is 16.9. The van der Waals surface area contributed by atoms with Gasteiger partial charge in [-0.2, -0.15) is 0 Å². The Morgan fingerprint density at radius 1 is 0.486 bits per heavy atom. The molecule has 4 heteroatoms. The Morgan fingerprint density at radius 2 is 1.09 bits per heavy atom. The van der Waals surface area contributed by atoms with E-state index in [-0.39, 0.29) is 33.9 Å². The van der Waals surface area contributed by atoms with Crippen molar-refractivity contribution in [2.45, 2.75) is 130 Å². The Balaban J connectivity index is 1.15. The van der Waals surface area contributed by atoms with Crippen LogP contribution >= 0.6 is 0 Å². The topological polar surface area (TPSA) is 9.72 Å². The van der Waals surface area contributed by atoms with Crippen LogP contribution in [0.4, 0.5) is 45.5 Å². The molecule has 0 saturated carbocycles. The van der Waals surface area contributed by atoms with Crippen LogP contribution in [-0.2, 0) is 27.1 Å². The molecule has 1 aliphatic carbocycles. The van der Waals surface area contributed by atoms with Crippen LogP contribution in [0.5, 0.6) is 0 Å². The molecule has 0 bridgehead atoms. The molecular weight excluding hydrogens is 846 g/mol. The van der Waals surface area contributed by atoms with Gasteiger partial charge in [0.2, 0.25) is 0 Å². The van der Waals surface area contributed by atoms with E-state index in [0.29, 0.717) is 0 Å². The zero-order chi connectivity index (χ0) is 49.0. The molecule has 3 nitrogen and oxygen atoms in total. The van der Waals surface area contributed by atoms with E-state index >= 15 is 0 Å². The summed E-state index contributed by atoms with van der Waals surface area (Å²) in [6, 6.07) is 59.4. The molecule has 0 amide bonds. The van der Waals surface area contributed by atoms with E-state index in [4.69, 9.17) is 0 Å². The first-order valence-electron chi connectivity index (χ1n) is 25.8. The molecule has 0 atom stereocenters. The molecule has 0 spiro atoms. The Bertz CT molecular complexity index is 3390. The number of para-hydroxylation sites is 1. The molecule has 0 unspecified atom stereocenters.